The molecule has 0 amide bonds. The van der Waals surface area contributed by atoms with Crippen molar-refractivity contribution in [3.8, 4) is 11.3 Å². The zero-order valence-corrected chi connectivity index (χ0v) is 18.3. The van der Waals surface area contributed by atoms with Crippen LogP contribution in [0, 0.1) is 11.7 Å². The van der Waals surface area contributed by atoms with Crippen LogP contribution in [0.3, 0.4) is 0 Å². The average molecular weight is 462 g/mol. The van der Waals surface area contributed by atoms with E-state index in [9.17, 15) is 14.7 Å². The Labute approximate surface area is 194 Å². The monoisotopic (exact) mass is 462 g/mol. The molecule has 0 radical (unpaired) electrons. The molecule has 0 aliphatic carbocycles. The predicted octanol–water partition coefficient (Wildman–Crippen LogP) is 3.33. The van der Waals surface area contributed by atoms with Crippen molar-refractivity contribution < 1.29 is 18.8 Å². The molecule has 1 saturated heterocycles. The number of hydrogen-bond donors (Lipinski definition) is 2. The molecule has 8 nitrogen and oxygen atoms in total. The van der Waals surface area contributed by atoms with Crippen LogP contribution in [0.5, 0.6) is 0 Å². The number of rotatable bonds is 6. The number of benzene rings is 2. The number of carboxylic acid groups (broad SMARTS) is 1. The molecule has 3 heterocycles. The number of aromatic nitrogens is 2. The summed E-state index contributed by atoms with van der Waals surface area (Å²) in [5.74, 6) is -1.20. The van der Waals surface area contributed by atoms with Gasteiger partial charge in [-0.05, 0) is 31.0 Å². The van der Waals surface area contributed by atoms with Crippen LogP contribution >= 0.6 is 0 Å². The van der Waals surface area contributed by atoms with Gasteiger partial charge in [0.15, 0.2) is 5.76 Å². The summed E-state index contributed by atoms with van der Waals surface area (Å²) in [6.07, 6.45) is 2.13. The lowest BCUT2D eigenvalue weighted by atomic mass is 10.1. The van der Waals surface area contributed by atoms with Crippen LogP contribution in [0.4, 0.5) is 10.1 Å². The Balaban J connectivity index is 1.60. The molecule has 0 unspecified atom stereocenters. The van der Waals surface area contributed by atoms with E-state index in [-0.39, 0.29) is 17.8 Å². The third-order valence-corrected chi connectivity index (χ3v) is 6.29. The van der Waals surface area contributed by atoms with Crippen LogP contribution < -0.4 is 16.1 Å². The molecule has 5 rings (SSSR count). The Bertz CT molecular complexity index is 1430. The first-order chi connectivity index (χ1) is 16.4. The van der Waals surface area contributed by atoms with Crippen molar-refractivity contribution in [2.75, 3.05) is 24.5 Å². The van der Waals surface area contributed by atoms with Crippen molar-refractivity contribution in [1.29, 1.82) is 0 Å². The lowest BCUT2D eigenvalue weighted by Crippen LogP contribution is -2.24. The van der Waals surface area contributed by atoms with Crippen molar-refractivity contribution in [1.82, 2.24) is 9.72 Å². The van der Waals surface area contributed by atoms with Crippen LogP contribution in [-0.4, -0.2) is 40.4 Å². The van der Waals surface area contributed by atoms with E-state index in [1.165, 1.54) is 6.20 Å². The lowest BCUT2D eigenvalue weighted by Gasteiger charge is -2.21. The van der Waals surface area contributed by atoms with Gasteiger partial charge in [0.25, 0.3) is 0 Å². The van der Waals surface area contributed by atoms with Crippen LogP contribution in [0.25, 0.3) is 22.2 Å². The summed E-state index contributed by atoms with van der Waals surface area (Å²) in [6.45, 7) is 1.92. The fraction of sp³-hybridized carbons (Fsp3) is 0.240. The molecule has 1 aliphatic heterocycles. The highest BCUT2D eigenvalue weighted by Gasteiger charge is 2.25. The fourth-order valence-electron chi connectivity index (χ4n) is 4.47. The Morgan fingerprint density at radius 3 is 2.74 bits per heavy atom. The van der Waals surface area contributed by atoms with E-state index in [2.05, 4.69) is 5.16 Å². The second-order valence-corrected chi connectivity index (χ2v) is 8.51. The van der Waals surface area contributed by atoms with Crippen molar-refractivity contribution in [3.63, 3.8) is 0 Å². The van der Waals surface area contributed by atoms with Gasteiger partial charge in [0.05, 0.1) is 17.7 Å². The maximum Gasteiger partial charge on any atom is 0.341 e. The van der Waals surface area contributed by atoms with Crippen molar-refractivity contribution >= 4 is 22.6 Å². The van der Waals surface area contributed by atoms with E-state index in [1.807, 2.05) is 35.2 Å². The molecule has 1 fully saturated rings. The van der Waals surface area contributed by atoms with Gasteiger partial charge in [-0.1, -0.05) is 35.5 Å². The Morgan fingerprint density at radius 1 is 1.24 bits per heavy atom. The average Bonchev–Trinajstić information content (AvgIpc) is 3.51. The molecule has 2 aromatic heterocycles. The highest BCUT2D eigenvalue weighted by molar-refractivity contribution is 5.93. The van der Waals surface area contributed by atoms with Crippen molar-refractivity contribution in [2.24, 2.45) is 11.7 Å². The van der Waals surface area contributed by atoms with Crippen molar-refractivity contribution in [3.05, 3.63) is 82.1 Å². The molecule has 1 aliphatic rings. The standard InChI is InChI=1S/C25H23FN4O4/c26-20-9-18-22(10-23(20)29-7-6-15(11-27)12-29)30(14-19(24(18)31)25(32)33)13-17-8-21(28-34-17)16-4-2-1-3-5-16/h1-5,8-10,14-15H,6-7,11-13,27H2,(H,32,33)/t15-/m0/s1. The number of nitrogens with zero attached hydrogens (tertiary/aromatic N) is 3. The topological polar surface area (TPSA) is 115 Å². The molecule has 34 heavy (non-hydrogen) atoms. The summed E-state index contributed by atoms with van der Waals surface area (Å²) in [6, 6.07) is 14.0. The van der Waals surface area contributed by atoms with Gasteiger partial charge < -0.3 is 24.8 Å². The second kappa shape index (κ2) is 8.75. The summed E-state index contributed by atoms with van der Waals surface area (Å²) in [5.41, 5.74) is 6.91. The van der Waals surface area contributed by atoms with Crippen molar-refractivity contribution in [2.45, 2.75) is 13.0 Å². The zero-order valence-electron chi connectivity index (χ0n) is 18.3. The summed E-state index contributed by atoms with van der Waals surface area (Å²) in [7, 11) is 0. The Kier molecular flexibility index (Phi) is 5.62. The number of hydrogen-bond acceptors (Lipinski definition) is 6. The largest absolute Gasteiger partial charge is 0.477 e. The summed E-state index contributed by atoms with van der Waals surface area (Å²) >= 11 is 0. The fourth-order valence-corrected chi connectivity index (χ4v) is 4.47. The SMILES string of the molecule is NC[C@@H]1CCN(c2cc3c(cc2F)c(=O)c(C(=O)O)cn3Cc2cc(-c3ccccc3)no2)C1. The molecule has 0 spiro atoms. The first-order valence-corrected chi connectivity index (χ1v) is 11.0. The van der Waals surface area contributed by atoms with Gasteiger partial charge in [0, 0.05) is 36.3 Å². The summed E-state index contributed by atoms with van der Waals surface area (Å²) in [4.78, 5) is 26.5. The Morgan fingerprint density at radius 2 is 2.03 bits per heavy atom. The van der Waals surface area contributed by atoms with Crippen LogP contribution in [0.1, 0.15) is 22.5 Å². The van der Waals surface area contributed by atoms with E-state index in [0.717, 1.165) is 18.1 Å². The third-order valence-electron chi connectivity index (χ3n) is 6.29. The second-order valence-electron chi connectivity index (χ2n) is 8.51. The highest BCUT2D eigenvalue weighted by atomic mass is 19.1. The normalized spacial score (nSPS) is 15.8. The molecular formula is C25H23FN4O4. The van der Waals surface area contributed by atoms with E-state index in [1.54, 1.807) is 16.7 Å². The number of halogens is 1. The van der Waals surface area contributed by atoms with Gasteiger partial charge >= 0.3 is 5.97 Å². The van der Waals surface area contributed by atoms with Gasteiger partial charge in [-0.2, -0.15) is 0 Å². The quantitative estimate of drug-likeness (QED) is 0.452. The van der Waals surface area contributed by atoms with Crippen LogP contribution in [0.15, 0.2) is 64.0 Å². The molecule has 3 N–H and O–H groups in total. The number of carbonyl (C=O) groups is 1. The van der Waals surface area contributed by atoms with Gasteiger partial charge in [0.1, 0.15) is 17.1 Å². The van der Waals surface area contributed by atoms with Gasteiger partial charge in [-0.3, -0.25) is 4.79 Å². The molecule has 174 valence electrons. The molecular weight excluding hydrogens is 439 g/mol. The number of carboxylic acids is 1. The number of aromatic carboxylic acids is 1. The minimum atomic E-state index is -1.38. The molecule has 0 bridgehead atoms. The Hall–Kier alpha value is -3.98. The number of pyridine rings is 1. The number of anilines is 1. The van der Waals surface area contributed by atoms with E-state index < -0.39 is 22.8 Å². The third kappa shape index (κ3) is 3.94. The number of nitrogens with two attached hydrogens (primary N) is 1. The molecule has 2 aromatic carbocycles. The minimum Gasteiger partial charge on any atom is -0.477 e. The number of fused-ring (bicyclic) bond motifs is 1. The highest BCUT2D eigenvalue weighted by Crippen LogP contribution is 2.30. The van der Waals surface area contributed by atoms with E-state index >= 15 is 4.39 Å². The minimum absolute atomic E-state index is 0.00137. The first kappa shape index (κ1) is 21.8. The molecule has 1 atom stereocenters. The van der Waals surface area contributed by atoms with E-state index in [0.29, 0.717) is 42.3 Å². The van der Waals surface area contributed by atoms with Crippen LogP contribution in [-0.2, 0) is 6.54 Å². The maximum absolute atomic E-state index is 15.1. The zero-order chi connectivity index (χ0) is 23.8. The van der Waals surface area contributed by atoms with Gasteiger partial charge in [-0.15, -0.1) is 0 Å². The molecule has 0 saturated carbocycles. The summed E-state index contributed by atoms with van der Waals surface area (Å²) < 4.78 is 22.2. The maximum atomic E-state index is 15.1. The van der Waals surface area contributed by atoms with Crippen LogP contribution in [0.2, 0.25) is 0 Å². The van der Waals surface area contributed by atoms with E-state index in [4.69, 9.17) is 10.3 Å². The molecule has 9 heteroatoms. The molecule has 4 aromatic rings. The predicted molar refractivity (Wildman–Crippen MR) is 126 cm³/mol. The van der Waals surface area contributed by atoms with Gasteiger partial charge in [-0.25, -0.2) is 9.18 Å². The lowest BCUT2D eigenvalue weighted by molar-refractivity contribution is 0.0694. The van der Waals surface area contributed by atoms with Gasteiger partial charge in [0.2, 0.25) is 5.43 Å². The first-order valence-electron chi connectivity index (χ1n) is 11.0. The summed E-state index contributed by atoms with van der Waals surface area (Å²) in [5, 5.41) is 13.7. The smallest absolute Gasteiger partial charge is 0.341 e.